The zero-order valence-electron chi connectivity index (χ0n) is 18.4. The number of non-ortho nitro benzene ring substituents is 1. The van der Waals surface area contributed by atoms with Crippen LogP contribution in [0, 0.1) is 17.0 Å². The second-order valence-electron chi connectivity index (χ2n) is 7.38. The van der Waals surface area contributed by atoms with Gasteiger partial charge in [0.25, 0.3) is 11.6 Å². The molecule has 0 radical (unpaired) electrons. The molecular weight excluding hydrogens is 436 g/mol. The van der Waals surface area contributed by atoms with Crippen molar-refractivity contribution >= 4 is 17.4 Å². The van der Waals surface area contributed by atoms with Crippen LogP contribution in [-0.2, 0) is 0 Å². The summed E-state index contributed by atoms with van der Waals surface area (Å²) in [4.78, 5) is 37.0. The molecule has 1 heterocycles. The Morgan fingerprint density at radius 1 is 1.03 bits per heavy atom. The van der Waals surface area contributed by atoms with Crippen molar-refractivity contribution in [1.29, 1.82) is 0 Å². The van der Waals surface area contributed by atoms with E-state index in [1.54, 1.807) is 43.3 Å². The third-order valence-corrected chi connectivity index (χ3v) is 5.16. The second-order valence-corrected chi connectivity index (χ2v) is 7.38. The number of anilines is 1. The molecule has 1 aromatic heterocycles. The first-order valence-electron chi connectivity index (χ1n) is 10.3. The molecule has 0 fully saturated rings. The van der Waals surface area contributed by atoms with Gasteiger partial charge in [-0.25, -0.2) is 4.68 Å². The first-order valence-corrected chi connectivity index (χ1v) is 10.3. The number of methoxy groups -OCH3 is 1. The molecule has 0 saturated heterocycles. The van der Waals surface area contributed by atoms with Gasteiger partial charge in [0.1, 0.15) is 17.3 Å². The number of nitrogens with zero attached hydrogens (tertiary/aromatic N) is 3. The van der Waals surface area contributed by atoms with Crippen LogP contribution in [-0.4, -0.2) is 27.7 Å². The van der Waals surface area contributed by atoms with E-state index >= 15 is 0 Å². The molecule has 0 unspecified atom stereocenters. The zero-order valence-corrected chi connectivity index (χ0v) is 18.4. The van der Waals surface area contributed by atoms with Crippen molar-refractivity contribution in [1.82, 2.24) is 9.78 Å². The molecule has 1 amide bonds. The third-order valence-electron chi connectivity index (χ3n) is 5.16. The molecule has 3 aromatic carbocycles. The number of ether oxygens (including phenoxy) is 1. The van der Waals surface area contributed by atoms with Crippen LogP contribution in [0.25, 0.3) is 16.8 Å². The van der Waals surface area contributed by atoms with Gasteiger partial charge in [-0.3, -0.25) is 19.7 Å². The van der Waals surface area contributed by atoms with Gasteiger partial charge >= 0.3 is 0 Å². The fourth-order valence-electron chi connectivity index (χ4n) is 3.50. The highest BCUT2D eigenvalue weighted by Gasteiger charge is 2.22. The van der Waals surface area contributed by atoms with Crippen LogP contribution in [0.4, 0.5) is 11.5 Å². The Hall–Kier alpha value is -4.79. The van der Waals surface area contributed by atoms with Crippen molar-refractivity contribution in [2.75, 3.05) is 12.4 Å². The smallest absolute Gasteiger partial charge is 0.270 e. The first kappa shape index (κ1) is 22.4. The maximum Gasteiger partial charge on any atom is 0.270 e. The fourth-order valence-corrected chi connectivity index (χ4v) is 3.50. The lowest BCUT2D eigenvalue weighted by Crippen LogP contribution is -2.25. The highest BCUT2D eigenvalue weighted by Crippen LogP contribution is 2.30. The highest BCUT2D eigenvalue weighted by atomic mass is 16.6. The molecule has 0 atom stereocenters. The maximum atomic E-state index is 13.3. The molecule has 0 aliphatic heterocycles. The SMILES string of the molecule is COc1cccc(-c2c(NC(=O)c3cccc([N+](=O)[O-])c3)n(-c3ccccc3)nc(C)c2=O)c1. The average Bonchev–Trinajstić information content (AvgIpc) is 2.86. The number of aryl methyl sites for hydroxylation is 1. The monoisotopic (exact) mass is 456 g/mol. The molecule has 4 rings (SSSR count). The summed E-state index contributed by atoms with van der Waals surface area (Å²) in [5.74, 6) is 0.0442. The Morgan fingerprint density at radius 3 is 2.47 bits per heavy atom. The van der Waals surface area contributed by atoms with E-state index in [0.29, 0.717) is 17.0 Å². The van der Waals surface area contributed by atoms with Gasteiger partial charge in [-0.05, 0) is 42.8 Å². The Balaban J connectivity index is 1.94. The molecule has 4 aromatic rings. The number of hydrogen-bond acceptors (Lipinski definition) is 6. The largest absolute Gasteiger partial charge is 0.497 e. The van der Waals surface area contributed by atoms with Crippen molar-refractivity contribution in [2.45, 2.75) is 6.92 Å². The van der Waals surface area contributed by atoms with Gasteiger partial charge in [-0.1, -0.05) is 36.4 Å². The number of nitrogens with one attached hydrogen (secondary N) is 1. The summed E-state index contributed by atoms with van der Waals surface area (Å²) in [5, 5.41) is 18.3. The summed E-state index contributed by atoms with van der Waals surface area (Å²) in [6.45, 7) is 1.59. The molecule has 1 N–H and O–H groups in total. The van der Waals surface area contributed by atoms with Crippen LogP contribution in [0.1, 0.15) is 16.1 Å². The van der Waals surface area contributed by atoms with Crippen LogP contribution in [0.15, 0.2) is 83.7 Å². The van der Waals surface area contributed by atoms with E-state index in [2.05, 4.69) is 10.4 Å². The number of hydrogen-bond donors (Lipinski definition) is 1. The Kier molecular flexibility index (Phi) is 6.18. The van der Waals surface area contributed by atoms with Crippen LogP contribution in [0.2, 0.25) is 0 Å². The zero-order chi connectivity index (χ0) is 24.2. The van der Waals surface area contributed by atoms with E-state index in [1.165, 1.54) is 36.1 Å². The van der Waals surface area contributed by atoms with Crippen molar-refractivity contribution in [3.63, 3.8) is 0 Å². The predicted octanol–water partition coefficient (Wildman–Crippen LogP) is 4.38. The summed E-state index contributed by atoms with van der Waals surface area (Å²) in [6.07, 6.45) is 0. The van der Waals surface area contributed by atoms with Gasteiger partial charge in [-0.2, -0.15) is 5.10 Å². The first-order chi connectivity index (χ1) is 16.4. The van der Waals surface area contributed by atoms with Gasteiger partial charge in [0, 0.05) is 17.7 Å². The topological polar surface area (TPSA) is 116 Å². The fraction of sp³-hybridized carbons (Fsp3) is 0.0800. The molecular formula is C25H20N4O5. The summed E-state index contributed by atoms with van der Waals surface area (Å²) >= 11 is 0. The normalized spacial score (nSPS) is 10.5. The molecule has 0 bridgehead atoms. The summed E-state index contributed by atoms with van der Waals surface area (Å²) < 4.78 is 6.78. The molecule has 9 nitrogen and oxygen atoms in total. The standard InChI is InChI=1S/C25H20N4O5/c1-16-23(30)22(17-8-7-13-21(15-17)34-2)24(28(27-16)19-10-4-3-5-11-19)26-25(31)18-9-6-12-20(14-18)29(32)33/h3-15H,1-2H3,(H,26,31). The number of carbonyl (C=O) groups excluding carboxylic acids is 1. The lowest BCUT2D eigenvalue weighted by atomic mass is 10.0. The van der Waals surface area contributed by atoms with Crippen LogP contribution in [0.5, 0.6) is 5.75 Å². The lowest BCUT2D eigenvalue weighted by Gasteiger charge is -2.18. The molecule has 0 aliphatic rings. The minimum absolute atomic E-state index is 0.0680. The number of nitro groups is 1. The molecule has 9 heteroatoms. The molecule has 0 saturated carbocycles. The minimum Gasteiger partial charge on any atom is -0.497 e. The van der Waals surface area contributed by atoms with E-state index in [-0.39, 0.29) is 33.8 Å². The number of rotatable bonds is 6. The number of para-hydroxylation sites is 1. The quantitative estimate of drug-likeness (QED) is 0.340. The summed E-state index contributed by atoms with van der Waals surface area (Å²) in [5.41, 5.74) is 1.07. The lowest BCUT2D eigenvalue weighted by molar-refractivity contribution is -0.384. The summed E-state index contributed by atoms with van der Waals surface area (Å²) in [6, 6.07) is 21.3. The number of benzene rings is 3. The van der Waals surface area contributed by atoms with Crippen molar-refractivity contribution in [3.05, 3.63) is 110 Å². The van der Waals surface area contributed by atoms with Gasteiger partial charge in [-0.15, -0.1) is 0 Å². The van der Waals surface area contributed by atoms with Gasteiger partial charge < -0.3 is 10.1 Å². The van der Waals surface area contributed by atoms with Crippen LogP contribution >= 0.6 is 0 Å². The van der Waals surface area contributed by atoms with Gasteiger partial charge in [0.2, 0.25) is 5.43 Å². The predicted molar refractivity (Wildman–Crippen MR) is 128 cm³/mol. The van der Waals surface area contributed by atoms with Crippen LogP contribution < -0.4 is 15.5 Å². The average molecular weight is 456 g/mol. The number of amides is 1. The maximum absolute atomic E-state index is 13.3. The Labute approximate surface area is 194 Å². The molecule has 34 heavy (non-hydrogen) atoms. The number of aromatic nitrogens is 2. The number of carbonyl (C=O) groups is 1. The highest BCUT2D eigenvalue weighted by molar-refractivity contribution is 6.06. The summed E-state index contributed by atoms with van der Waals surface area (Å²) in [7, 11) is 1.52. The van der Waals surface area contributed by atoms with E-state index in [0.717, 1.165) is 0 Å². The molecule has 170 valence electrons. The van der Waals surface area contributed by atoms with Crippen molar-refractivity contribution in [3.8, 4) is 22.6 Å². The Bertz CT molecular complexity index is 1450. The van der Waals surface area contributed by atoms with E-state index < -0.39 is 10.8 Å². The third kappa shape index (κ3) is 4.40. The van der Waals surface area contributed by atoms with E-state index in [9.17, 15) is 19.7 Å². The van der Waals surface area contributed by atoms with Crippen molar-refractivity contribution < 1.29 is 14.5 Å². The van der Waals surface area contributed by atoms with Crippen LogP contribution in [0.3, 0.4) is 0 Å². The molecule has 0 aliphatic carbocycles. The second kappa shape index (κ2) is 9.37. The minimum atomic E-state index is -0.623. The van der Waals surface area contributed by atoms with Gasteiger partial charge in [0.15, 0.2) is 0 Å². The van der Waals surface area contributed by atoms with E-state index in [1.807, 2.05) is 18.2 Å². The Morgan fingerprint density at radius 2 is 1.76 bits per heavy atom. The van der Waals surface area contributed by atoms with E-state index in [4.69, 9.17) is 4.74 Å². The van der Waals surface area contributed by atoms with Crippen molar-refractivity contribution in [2.24, 2.45) is 0 Å². The molecule has 0 spiro atoms. The number of nitro benzene ring substituents is 1. The van der Waals surface area contributed by atoms with Gasteiger partial charge in [0.05, 0.1) is 23.3 Å².